The Hall–Kier alpha value is -3.42. The van der Waals surface area contributed by atoms with Crippen LogP contribution in [0.25, 0.3) is 10.9 Å². The molecule has 0 N–H and O–H groups in total. The van der Waals surface area contributed by atoms with E-state index in [-0.39, 0.29) is 11.5 Å². The van der Waals surface area contributed by atoms with E-state index in [9.17, 15) is 4.79 Å². The molecule has 6 nitrogen and oxygen atoms in total. The minimum atomic E-state index is -0.229. The summed E-state index contributed by atoms with van der Waals surface area (Å²) in [5.74, 6) is 1.78. The van der Waals surface area contributed by atoms with Gasteiger partial charge >= 0.3 is 0 Å². The SMILES string of the molecule is C=CCc1cc(C=Nn2c(C(C)C)nc3ccc(Br)cc3c2=O)cc(OCC)c1OCc1ccccc1Cl. The van der Waals surface area contributed by atoms with Crippen molar-refractivity contribution < 1.29 is 9.47 Å². The van der Waals surface area contributed by atoms with Gasteiger partial charge in [0.15, 0.2) is 11.5 Å². The molecule has 0 aliphatic rings. The quantitative estimate of drug-likeness (QED) is 0.141. The summed E-state index contributed by atoms with van der Waals surface area (Å²) in [6.45, 7) is 10.5. The number of aromatic nitrogens is 2. The summed E-state index contributed by atoms with van der Waals surface area (Å²) in [5.41, 5.74) is 2.93. The predicted molar refractivity (Wildman–Crippen MR) is 158 cm³/mol. The normalized spacial score (nSPS) is 11.4. The lowest BCUT2D eigenvalue weighted by atomic mass is 10.1. The van der Waals surface area contributed by atoms with E-state index >= 15 is 0 Å². The molecule has 0 atom stereocenters. The third-order valence-corrected chi connectivity index (χ3v) is 6.68. The average Bonchev–Trinajstić information content (AvgIpc) is 2.89. The molecule has 0 spiro atoms. The lowest BCUT2D eigenvalue weighted by molar-refractivity contribution is 0.267. The van der Waals surface area contributed by atoms with Gasteiger partial charge in [-0.15, -0.1) is 6.58 Å². The maximum absolute atomic E-state index is 13.4. The lowest BCUT2D eigenvalue weighted by Gasteiger charge is -2.17. The van der Waals surface area contributed by atoms with Gasteiger partial charge < -0.3 is 9.47 Å². The number of hydrogen-bond acceptors (Lipinski definition) is 5. The molecule has 0 bridgehead atoms. The molecule has 4 rings (SSSR count). The zero-order chi connectivity index (χ0) is 27.2. The molecular weight excluding hydrogens is 566 g/mol. The standard InChI is InChI=1S/C30H29BrClN3O3/c1-5-9-21-14-20(15-27(37-6-2)28(21)38-18-22-10-7-8-11-25(22)32)17-33-35-29(19(3)4)34-26-13-12-23(31)16-24(26)30(35)36/h5,7-8,10-17,19H,1,6,9,18H2,2-4H3. The maximum atomic E-state index is 13.4. The molecule has 0 radical (unpaired) electrons. The van der Waals surface area contributed by atoms with E-state index in [1.54, 1.807) is 18.4 Å². The molecule has 0 amide bonds. The minimum Gasteiger partial charge on any atom is -0.490 e. The summed E-state index contributed by atoms with van der Waals surface area (Å²) in [6.07, 6.45) is 4.01. The Labute approximate surface area is 235 Å². The van der Waals surface area contributed by atoms with Crippen LogP contribution in [0.15, 0.2) is 81.6 Å². The Morgan fingerprint density at radius 2 is 1.92 bits per heavy atom. The fraction of sp³-hybridized carbons (Fsp3) is 0.233. The van der Waals surface area contributed by atoms with Crippen molar-refractivity contribution in [2.45, 2.75) is 39.7 Å². The van der Waals surface area contributed by atoms with Crippen LogP contribution < -0.4 is 15.0 Å². The highest BCUT2D eigenvalue weighted by molar-refractivity contribution is 9.10. The van der Waals surface area contributed by atoms with Gasteiger partial charge in [0.2, 0.25) is 0 Å². The highest BCUT2D eigenvalue weighted by Crippen LogP contribution is 2.35. The van der Waals surface area contributed by atoms with Crippen molar-refractivity contribution in [1.29, 1.82) is 0 Å². The Morgan fingerprint density at radius 3 is 2.63 bits per heavy atom. The monoisotopic (exact) mass is 593 g/mol. The second kappa shape index (κ2) is 12.4. The first-order chi connectivity index (χ1) is 18.3. The number of ether oxygens (including phenoxy) is 2. The zero-order valence-corrected chi connectivity index (χ0v) is 23.9. The van der Waals surface area contributed by atoms with Crippen molar-refractivity contribution in [2.24, 2.45) is 5.10 Å². The summed E-state index contributed by atoms with van der Waals surface area (Å²) in [5, 5.41) is 5.71. The van der Waals surface area contributed by atoms with E-state index in [2.05, 4.69) is 27.6 Å². The molecule has 38 heavy (non-hydrogen) atoms. The third-order valence-electron chi connectivity index (χ3n) is 5.82. The van der Waals surface area contributed by atoms with Crippen molar-refractivity contribution >= 4 is 44.6 Å². The zero-order valence-electron chi connectivity index (χ0n) is 21.6. The molecule has 0 fully saturated rings. The molecule has 3 aromatic carbocycles. The first-order valence-corrected chi connectivity index (χ1v) is 13.5. The molecule has 0 aliphatic heterocycles. The van der Waals surface area contributed by atoms with Gasteiger partial charge in [-0.3, -0.25) is 4.79 Å². The summed E-state index contributed by atoms with van der Waals surface area (Å²) in [4.78, 5) is 18.1. The fourth-order valence-corrected chi connectivity index (χ4v) is 4.58. The highest BCUT2D eigenvalue weighted by Gasteiger charge is 2.16. The van der Waals surface area contributed by atoms with E-state index in [0.29, 0.717) is 52.9 Å². The molecule has 0 saturated heterocycles. The molecule has 196 valence electrons. The lowest BCUT2D eigenvalue weighted by Crippen LogP contribution is -2.23. The van der Waals surface area contributed by atoms with Crippen LogP contribution in [0, 0.1) is 0 Å². The van der Waals surface area contributed by atoms with E-state index in [4.69, 9.17) is 26.1 Å². The number of nitrogens with zero attached hydrogens (tertiary/aromatic N) is 3. The molecule has 4 aromatic rings. The molecule has 0 aliphatic carbocycles. The Kier molecular flexibility index (Phi) is 9.02. The Morgan fingerprint density at radius 1 is 1.13 bits per heavy atom. The van der Waals surface area contributed by atoms with Gasteiger partial charge in [0.05, 0.1) is 23.7 Å². The van der Waals surface area contributed by atoms with Gasteiger partial charge in [-0.1, -0.05) is 65.7 Å². The third kappa shape index (κ3) is 6.17. The number of benzene rings is 3. The van der Waals surface area contributed by atoms with Gasteiger partial charge in [-0.25, -0.2) is 4.98 Å². The van der Waals surface area contributed by atoms with Gasteiger partial charge in [-0.2, -0.15) is 9.78 Å². The highest BCUT2D eigenvalue weighted by atomic mass is 79.9. The number of hydrogen-bond donors (Lipinski definition) is 0. The Balaban J connectivity index is 1.77. The Bertz CT molecular complexity index is 1560. The van der Waals surface area contributed by atoms with E-state index in [1.807, 2.05) is 69.3 Å². The summed E-state index contributed by atoms with van der Waals surface area (Å²) < 4.78 is 14.3. The number of halogens is 2. The molecule has 1 aromatic heterocycles. The first kappa shape index (κ1) is 27.6. The summed E-state index contributed by atoms with van der Waals surface area (Å²) in [6, 6.07) is 16.9. The molecule has 8 heteroatoms. The van der Waals surface area contributed by atoms with Crippen molar-refractivity contribution in [3.05, 3.63) is 110 Å². The van der Waals surface area contributed by atoms with Crippen molar-refractivity contribution in [3.8, 4) is 11.5 Å². The number of rotatable bonds is 10. The molecule has 1 heterocycles. The van der Waals surface area contributed by atoms with Gasteiger partial charge in [0.1, 0.15) is 12.4 Å². The van der Waals surface area contributed by atoms with E-state index in [1.165, 1.54) is 4.68 Å². The summed E-state index contributed by atoms with van der Waals surface area (Å²) >= 11 is 9.77. The van der Waals surface area contributed by atoms with Crippen LogP contribution in [0.1, 0.15) is 49.2 Å². The van der Waals surface area contributed by atoms with E-state index in [0.717, 1.165) is 21.2 Å². The molecule has 0 unspecified atom stereocenters. The van der Waals surface area contributed by atoms with Gasteiger partial charge in [-0.05, 0) is 55.3 Å². The van der Waals surface area contributed by atoms with E-state index < -0.39 is 0 Å². The largest absolute Gasteiger partial charge is 0.490 e. The molecule has 0 saturated carbocycles. The predicted octanol–water partition coefficient (Wildman–Crippen LogP) is 7.52. The van der Waals surface area contributed by atoms with Crippen molar-refractivity contribution in [2.75, 3.05) is 6.61 Å². The van der Waals surface area contributed by atoms with Crippen LogP contribution in [0.5, 0.6) is 11.5 Å². The fourth-order valence-electron chi connectivity index (χ4n) is 4.03. The second-order valence-corrected chi connectivity index (χ2v) is 10.3. The maximum Gasteiger partial charge on any atom is 0.282 e. The van der Waals surface area contributed by atoms with Crippen molar-refractivity contribution in [1.82, 2.24) is 9.66 Å². The van der Waals surface area contributed by atoms with Crippen LogP contribution in [-0.4, -0.2) is 22.5 Å². The van der Waals surface area contributed by atoms with Crippen molar-refractivity contribution in [3.63, 3.8) is 0 Å². The minimum absolute atomic E-state index is 0.0104. The summed E-state index contributed by atoms with van der Waals surface area (Å²) in [7, 11) is 0. The van der Waals surface area contributed by atoms with Crippen LogP contribution >= 0.6 is 27.5 Å². The van der Waals surface area contributed by atoms with Crippen LogP contribution in [-0.2, 0) is 13.0 Å². The smallest absolute Gasteiger partial charge is 0.282 e. The second-order valence-electron chi connectivity index (χ2n) is 8.96. The van der Waals surface area contributed by atoms with Gasteiger partial charge in [0, 0.05) is 26.5 Å². The van der Waals surface area contributed by atoms with Crippen LogP contribution in [0.2, 0.25) is 5.02 Å². The first-order valence-electron chi connectivity index (χ1n) is 12.4. The average molecular weight is 595 g/mol. The number of allylic oxidation sites excluding steroid dienone is 1. The van der Waals surface area contributed by atoms with Gasteiger partial charge in [0.25, 0.3) is 5.56 Å². The number of fused-ring (bicyclic) bond motifs is 1. The topological polar surface area (TPSA) is 65.7 Å². The van der Waals surface area contributed by atoms with Crippen LogP contribution in [0.4, 0.5) is 0 Å². The molecular formula is C30H29BrClN3O3. The van der Waals surface area contributed by atoms with Crippen LogP contribution in [0.3, 0.4) is 0 Å².